The standard InChI is InChI=1S/C33H57FN8/c1-16-24(34)15-14-23-25(16)33-41-31-22-13-7-6-12-21(22)29(39-31)37-27-18-9-3-2-8-17(18)26(35-27)36-28-19-10-4-5-11-20(19)30(38-28)40-32(23)42-33/h16-33,35-42H,2-15H2,1H3. The zero-order chi connectivity index (χ0) is 27.9. The predicted octanol–water partition coefficient (Wildman–Crippen LogP) is 2.80. The van der Waals surface area contributed by atoms with Gasteiger partial charge in [0.2, 0.25) is 0 Å². The Bertz CT molecular complexity index is 984. The Morgan fingerprint density at radius 1 is 0.357 bits per heavy atom. The van der Waals surface area contributed by atoms with Crippen molar-refractivity contribution in [2.75, 3.05) is 0 Å². The molecule has 0 aromatic carbocycles. The lowest BCUT2D eigenvalue weighted by Crippen LogP contribution is -2.61. The molecule has 18 atom stereocenters. The molecule has 8 N–H and O–H groups in total. The van der Waals surface area contributed by atoms with Crippen molar-refractivity contribution in [3.05, 3.63) is 0 Å². The van der Waals surface area contributed by atoms with Gasteiger partial charge < -0.3 is 0 Å². The van der Waals surface area contributed by atoms with Crippen molar-refractivity contribution in [3.8, 4) is 0 Å². The number of hydrogen-bond acceptors (Lipinski definition) is 8. The van der Waals surface area contributed by atoms with Gasteiger partial charge in [0, 0.05) is 0 Å². The van der Waals surface area contributed by atoms with E-state index in [-0.39, 0.29) is 24.4 Å². The molecule has 9 heteroatoms. The second kappa shape index (κ2) is 11.1. The minimum atomic E-state index is -0.690. The third-order valence-electron chi connectivity index (χ3n) is 14.3. The van der Waals surface area contributed by atoms with Gasteiger partial charge in [-0.05, 0) is 105 Å². The van der Waals surface area contributed by atoms with Crippen LogP contribution in [0.25, 0.3) is 0 Å². The third kappa shape index (κ3) is 4.57. The minimum absolute atomic E-state index is 0.0802. The fraction of sp³-hybridized carbons (Fsp3) is 1.00. The van der Waals surface area contributed by atoms with E-state index < -0.39 is 6.17 Å². The van der Waals surface area contributed by atoms with Crippen LogP contribution in [0.4, 0.5) is 4.39 Å². The number of alkyl halides is 1. The molecule has 9 aliphatic rings. The molecule has 8 nitrogen and oxygen atoms in total. The Balaban J connectivity index is 1.06. The lowest BCUT2D eigenvalue weighted by molar-refractivity contribution is 0.0598. The Kier molecular flexibility index (Phi) is 7.40. The van der Waals surface area contributed by atoms with Crippen molar-refractivity contribution in [2.45, 2.75) is 152 Å². The monoisotopic (exact) mass is 584 g/mol. The van der Waals surface area contributed by atoms with Crippen LogP contribution in [0, 0.1) is 53.3 Å². The molecule has 4 saturated carbocycles. The van der Waals surface area contributed by atoms with Crippen molar-refractivity contribution in [2.24, 2.45) is 53.3 Å². The average Bonchev–Trinajstić information content (AvgIpc) is 3.74. The van der Waals surface area contributed by atoms with E-state index in [2.05, 4.69) is 49.5 Å². The summed E-state index contributed by atoms with van der Waals surface area (Å²) in [6.07, 6.45) is 19.4. The van der Waals surface area contributed by atoms with Crippen LogP contribution in [0.3, 0.4) is 0 Å². The lowest BCUT2D eigenvalue weighted by Gasteiger charge is -2.39. The molecule has 5 aliphatic heterocycles. The zero-order valence-electron chi connectivity index (χ0n) is 25.7. The normalized spacial score (nSPS) is 59.0. The molecule has 0 aromatic rings. The number of nitrogens with one attached hydrogen (secondary N) is 8. The number of halogens is 1. The first-order valence-corrected chi connectivity index (χ1v) is 18.3. The number of rotatable bonds is 0. The van der Waals surface area contributed by atoms with Crippen molar-refractivity contribution >= 4 is 0 Å². The summed E-state index contributed by atoms with van der Waals surface area (Å²) in [7, 11) is 0. The van der Waals surface area contributed by atoms with E-state index in [0.717, 1.165) is 6.42 Å². The summed E-state index contributed by atoms with van der Waals surface area (Å²) in [6.45, 7) is 2.19. The molecule has 0 spiro atoms. The largest absolute Gasteiger partial charge is 0.286 e. The van der Waals surface area contributed by atoms with E-state index in [4.69, 9.17) is 0 Å². The van der Waals surface area contributed by atoms with Crippen molar-refractivity contribution in [1.29, 1.82) is 0 Å². The van der Waals surface area contributed by atoms with E-state index >= 15 is 4.39 Å². The summed E-state index contributed by atoms with van der Waals surface area (Å²) in [5.74, 6) is 4.90. The number of fused-ring (bicyclic) bond motifs is 20. The van der Waals surface area contributed by atoms with Crippen LogP contribution in [0.2, 0.25) is 0 Å². The maximum absolute atomic E-state index is 15.3. The smallest absolute Gasteiger partial charge is 0.103 e. The van der Waals surface area contributed by atoms with E-state index in [1.807, 2.05) is 0 Å². The fourth-order valence-electron chi connectivity index (χ4n) is 12.3. The van der Waals surface area contributed by atoms with Gasteiger partial charge in [-0.2, -0.15) is 0 Å². The average molecular weight is 585 g/mol. The summed E-state index contributed by atoms with van der Waals surface area (Å²) in [5.41, 5.74) is 0. The zero-order valence-corrected chi connectivity index (χ0v) is 25.7. The highest BCUT2D eigenvalue weighted by Gasteiger charge is 2.56. The summed E-state index contributed by atoms with van der Waals surface area (Å²) in [6, 6.07) is 0. The molecule has 5 saturated heterocycles. The van der Waals surface area contributed by atoms with Gasteiger partial charge in [-0.3, -0.25) is 42.5 Å². The van der Waals surface area contributed by atoms with Gasteiger partial charge in [0.1, 0.15) is 6.17 Å². The Morgan fingerprint density at radius 3 is 0.976 bits per heavy atom. The van der Waals surface area contributed by atoms with Crippen LogP contribution in [0.15, 0.2) is 0 Å². The van der Waals surface area contributed by atoms with Crippen LogP contribution in [0.1, 0.15) is 96.8 Å². The molecule has 0 radical (unpaired) electrons. The molecule has 8 bridgehead atoms. The molecule has 18 unspecified atom stereocenters. The Hall–Kier alpha value is -0.390. The summed E-state index contributed by atoms with van der Waals surface area (Å²) in [5, 5.41) is 33.2. The molecule has 42 heavy (non-hydrogen) atoms. The SMILES string of the molecule is CC1C(F)CCC2C3NC4NC(NC5NC(NC6NC(NC(N3)C12)C1CCCCC61)C1CCCCC51)C1CCCCC41. The lowest BCUT2D eigenvalue weighted by atomic mass is 9.71. The highest BCUT2D eigenvalue weighted by atomic mass is 19.1. The topological polar surface area (TPSA) is 96.2 Å². The van der Waals surface area contributed by atoms with E-state index in [0.29, 0.717) is 84.6 Å². The van der Waals surface area contributed by atoms with Crippen molar-refractivity contribution in [3.63, 3.8) is 0 Å². The first-order valence-electron chi connectivity index (χ1n) is 18.3. The van der Waals surface area contributed by atoms with Gasteiger partial charge in [-0.15, -0.1) is 0 Å². The van der Waals surface area contributed by atoms with E-state index in [1.165, 1.54) is 77.0 Å². The fourth-order valence-corrected chi connectivity index (χ4v) is 12.3. The van der Waals surface area contributed by atoms with Gasteiger partial charge in [-0.25, -0.2) is 4.39 Å². The highest BCUT2D eigenvalue weighted by molar-refractivity contribution is 5.09. The van der Waals surface area contributed by atoms with Crippen LogP contribution in [-0.2, 0) is 0 Å². The number of hydrogen-bond donors (Lipinski definition) is 8. The van der Waals surface area contributed by atoms with Crippen LogP contribution in [-0.4, -0.2) is 55.5 Å². The first kappa shape index (κ1) is 27.9. The van der Waals surface area contributed by atoms with Gasteiger partial charge in [0.25, 0.3) is 0 Å². The third-order valence-corrected chi connectivity index (χ3v) is 14.3. The summed E-state index contributed by atoms with van der Waals surface area (Å²) in [4.78, 5) is 0. The Morgan fingerprint density at radius 2 is 0.643 bits per heavy atom. The van der Waals surface area contributed by atoms with E-state index in [9.17, 15) is 0 Å². The molecule has 236 valence electrons. The predicted molar refractivity (Wildman–Crippen MR) is 162 cm³/mol. The van der Waals surface area contributed by atoms with Crippen LogP contribution < -0.4 is 42.5 Å². The maximum atomic E-state index is 15.3. The molecule has 0 aromatic heterocycles. The Labute approximate surface area is 252 Å². The molecule has 4 aliphatic carbocycles. The summed E-state index contributed by atoms with van der Waals surface area (Å²) >= 11 is 0. The quantitative estimate of drug-likeness (QED) is 0.220. The van der Waals surface area contributed by atoms with Crippen molar-refractivity contribution in [1.82, 2.24) is 42.5 Å². The molecular weight excluding hydrogens is 527 g/mol. The van der Waals surface area contributed by atoms with Crippen molar-refractivity contribution < 1.29 is 4.39 Å². The minimum Gasteiger partial charge on any atom is -0.286 e. The molecule has 9 fully saturated rings. The maximum Gasteiger partial charge on any atom is 0.103 e. The second-order valence-electron chi connectivity index (χ2n) is 16.2. The van der Waals surface area contributed by atoms with Gasteiger partial charge in [-0.1, -0.05) is 45.4 Å². The first-order chi connectivity index (χ1) is 20.6. The molecular formula is C33H57FN8. The van der Waals surface area contributed by atoms with Crippen LogP contribution >= 0.6 is 0 Å². The van der Waals surface area contributed by atoms with Gasteiger partial charge >= 0.3 is 0 Å². The molecule has 0 amide bonds. The second-order valence-corrected chi connectivity index (χ2v) is 16.2. The molecule has 5 heterocycles. The molecule has 9 rings (SSSR count). The summed E-state index contributed by atoms with van der Waals surface area (Å²) < 4.78 is 15.3. The van der Waals surface area contributed by atoms with E-state index in [1.54, 1.807) is 0 Å². The highest BCUT2D eigenvalue weighted by Crippen LogP contribution is 2.47. The van der Waals surface area contributed by atoms with Crippen LogP contribution in [0.5, 0.6) is 0 Å². The van der Waals surface area contributed by atoms with Gasteiger partial charge in [0.15, 0.2) is 0 Å². The van der Waals surface area contributed by atoms with Gasteiger partial charge in [0.05, 0.1) is 49.3 Å².